The van der Waals surface area contributed by atoms with E-state index in [1.54, 1.807) is 4.90 Å². The third kappa shape index (κ3) is 6.29. The van der Waals surface area contributed by atoms with Gasteiger partial charge in [0.25, 0.3) is 0 Å². The fourth-order valence-electron chi connectivity index (χ4n) is 10.9. The molecule has 0 radical (unpaired) electrons. The molecule has 8 rings (SSSR count). The normalized spacial score (nSPS) is 39.7. The fourth-order valence-corrected chi connectivity index (χ4v) is 11.7. The second-order valence-electron chi connectivity index (χ2n) is 15.9. The van der Waals surface area contributed by atoms with Crippen LogP contribution in [-0.2, 0) is 9.59 Å². The van der Waals surface area contributed by atoms with Crippen molar-refractivity contribution in [3.05, 3.63) is 11.8 Å². The molecule has 2 heterocycles. The van der Waals surface area contributed by atoms with Crippen LogP contribution in [0.15, 0.2) is 11.8 Å². The molecule has 7 fully saturated rings. The number of carbonyl (C=O) groups excluding carboxylic acids is 3. The molecule has 44 heavy (non-hydrogen) atoms. The minimum atomic E-state index is -0.618. The highest BCUT2D eigenvalue weighted by Gasteiger charge is 2.52. The van der Waals surface area contributed by atoms with Crippen LogP contribution in [0.5, 0.6) is 0 Å². The molecular formula is C35H54BrN5O3. The Hall–Kier alpha value is -1.77. The van der Waals surface area contributed by atoms with Crippen LogP contribution < -0.4 is 16.0 Å². The molecular weight excluding hydrogens is 618 g/mol. The number of amides is 4. The first-order valence-corrected chi connectivity index (χ1v) is 18.9. The number of likely N-dealkylation sites (N-methyl/N-ethyl adjacent to an activating group) is 1. The summed E-state index contributed by atoms with van der Waals surface area (Å²) in [7, 11) is 1.90. The maximum atomic E-state index is 14.1. The van der Waals surface area contributed by atoms with E-state index in [1.165, 1.54) is 56.9 Å². The highest BCUT2D eigenvalue weighted by molar-refractivity contribution is 9.09. The summed E-state index contributed by atoms with van der Waals surface area (Å²) in [6, 6.07) is -0.754. The summed E-state index contributed by atoms with van der Waals surface area (Å²) in [6.07, 6.45) is 20.9. The average molecular weight is 673 g/mol. The molecule has 6 aliphatic carbocycles. The lowest BCUT2D eigenvalue weighted by atomic mass is 9.53. The van der Waals surface area contributed by atoms with E-state index in [9.17, 15) is 14.4 Å². The Morgan fingerprint density at radius 1 is 0.977 bits per heavy atom. The molecule has 1 saturated heterocycles. The Bertz CT molecular complexity index is 1110. The van der Waals surface area contributed by atoms with Crippen molar-refractivity contribution in [2.24, 2.45) is 29.6 Å². The summed E-state index contributed by atoms with van der Waals surface area (Å²) in [6.45, 7) is 1.30. The zero-order valence-corrected chi connectivity index (χ0v) is 28.3. The maximum absolute atomic E-state index is 14.1. The summed E-state index contributed by atoms with van der Waals surface area (Å²) < 4.78 is 0. The molecule has 4 bridgehead atoms. The van der Waals surface area contributed by atoms with Crippen LogP contribution in [0, 0.1) is 29.6 Å². The number of rotatable bonds is 8. The van der Waals surface area contributed by atoms with Gasteiger partial charge in [-0.3, -0.25) is 9.59 Å². The second-order valence-corrected chi connectivity index (χ2v) is 17.1. The van der Waals surface area contributed by atoms with Gasteiger partial charge in [-0.05, 0) is 119 Å². The molecule has 9 heteroatoms. The van der Waals surface area contributed by atoms with E-state index in [-0.39, 0.29) is 23.4 Å². The van der Waals surface area contributed by atoms with Gasteiger partial charge in [0.1, 0.15) is 12.1 Å². The van der Waals surface area contributed by atoms with Gasteiger partial charge < -0.3 is 25.8 Å². The Balaban J connectivity index is 1.03. The van der Waals surface area contributed by atoms with E-state index in [0.717, 1.165) is 62.7 Å². The Labute approximate surface area is 272 Å². The van der Waals surface area contributed by atoms with Crippen molar-refractivity contribution in [3.63, 3.8) is 0 Å². The quantitative estimate of drug-likeness (QED) is 0.299. The van der Waals surface area contributed by atoms with Crippen molar-refractivity contribution < 1.29 is 14.4 Å². The summed E-state index contributed by atoms with van der Waals surface area (Å²) in [5, 5.41) is 10.3. The smallest absolute Gasteiger partial charge is 0.318 e. The van der Waals surface area contributed by atoms with Crippen LogP contribution in [0.4, 0.5) is 4.79 Å². The molecule has 6 saturated carbocycles. The van der Waals surface area contributed by atoms with E-state index in [4.69, 9.17) is 0 Å². The van der Waals surface area contributed by atoms with Crippen molar-refractivity contribution in [1.82, 2.24) is 25.8 Å². The van der Waals surface area contributed by atoms with Gasteiger partial charge in [0, 0.05) is 42.5 Å². The molecule has 6 atom stereocenters. The number of nitrogens with zero attached hydrogens (tertiary/aromatic N) is 2. The van der Waals surface area contributed by atoms with E-state index < -0.39 is 12.1 Å². The van der Waals surface area contributed by atoms with Gasteiger partial charge in [-0.15, -0.1) is 0 Å². The standard InChI is InChI=1S/C35H54BrN5O3/c1-40(21-25-7-2-4-9-28(25)36)33(43)30(16-26-20-37-29-10-5-3-8-27(26)29)38-32(42)31-11-6-12-41(31)34(44)39-35-17-22-13-23(18-35)15-24(14-22)19-35/h20,22-25,27-31,37H,2-19,21H2,1H3,(H,38,42)(H,39,44). The summed E-state index contributed by atoms with van der Waals surface area (Å²) in [4.78, 5) is 46.0. The lowest BCUT2D eigenvalue weighted by molar-refractivity contribution is -0.136. The van der Waals surface area contributed by atoms with Crippen molar-refractivity contribution >= 4 is 33.8 Å². The molecule has 6 unspecified atom stereocenters. The number of urea groups is 1. The number of nitrogens with one attached hydrogen (secondary N) is 3. The number of fused-ring (bicyclic) bond motifs is 1. The highest BCUT2D eigenvalue weighted by atomic mass is 79.9. The van der Waals surface area contributed by atoms with E-state index in [0.29, 0.717) is 48.6 Å². The van der Waals surface area contributed by atoms with Crippen LogP contribution in [0.3, 0.4) is 0 Å². The zero-order chi connectivity index (χ0) is 30.4. The SMILES string of the molecule is CN(CC1CCCCC1Br)C(=O)C(CC1=CNC2CCCCC12)NC(=O)C1CCCN1C(=O)NC12CC3CC(CC(C3)C1)C2. The van der Waals surface area contributed by atoms with Crippen molar-refractivity contribution in [2.75, 3.05) is 20.1 Å². The topological polar surface area (TPSA) is 93.8 Å². The monoisotopic (exact) mass is 671 g/mol. The minimum absolute atomic E-state index is 0.00801. The van der Waals surface area contributed by atoms with Crippen LogP contribution in [-0.4, -0.2) is 76.3 Å². The van der Waals surface area contributed by atoms with E-state index in [1.807, 2.05) is 11.9 Å². The number of alkyl halides is 1. The fraction of sp³-hybridized carbons (Fsp3) is 0.857. The first kappa shape index (κ1) is 30.9. The third-order valence-electron chi connectivity index (χ3n) is 12.7. The zero-order valence-electron chi connectivity index (χ0n) is 26.7. The van der Waals surface area contributed by atoms with Crippen molar-refractivity contribution in [2.45, 2.75) is 138 Å². The molecule has 4 amide bonds. The Morgan fingerprint density at radius 2 is 1.66 bits per heavy atom. The highest BCUT2D eigenvalue weighted by Crippen LogP contribution is 2.55. The summed E-state index contributed by atoms with van der Waals surface area (Å²) in [5.74, 6) is 2.95. The number of hydrogen-bond donors (Lipinski definition) is 3. The predicted octanol–water partition coefficient (Wildman–Crippen LogP) is 5.46. The molecule has 3 N–H and O–H groups in total. The van der Waals surface area contributed by atoms with Crippen LogP contribution in [0.25, 0.3) is 0 Å². The molecule has 0 aromatic rings. The van der Waals surface area contributed by atoms with Crippen LogP contribution in [0.2, 0.25) is 0 Å². The third-order valence-corrected chi connectivity index (χ3v) is 13.9. The number of hydrogen-bond acceptors (Lipinski definition) is 4. The molecule has 0 aromatic heterocycles. The average Bonchev–Trinajstić information content (AvgIpc) is 3.65. The molecule has 8 aliphatic rings. The van der Waals surface area contributed by atoms with Gasteiger partial charge >= 0.3 is 6.03 Å². The number of halogens is 1. The van der Waals surface area contributed by atoms with Crippen LogP contribution in [0.1, 0.15) is 109 Å². The molecule has 244 valence electrons. The second kappa shape index (κ2) is 12.8. The number of carbonyl (C=O) groups is 3. The lowest BCUT2D eigenvalue weighted by Crippen LogP contribution is -2.63. The Kier molecular flexibility index (Phi) is 8.97. The van der Waals surface area contributed by atoms with Gasteiger partial charge in [0.05, 0.1) is 0 Å². The lowest BCUT2D eigenvalue weighted by Gasteiger charge is -2.57. The minimum Gasteiger partial charge on any atom is -0.388 e. The molecule has 0 spiro atoms. The van der Waals surface area contributed by atoms with Crippen molar-refractivity contribution in [3.8, 4) is 0 Å². The maximum Gasteiger partial charge on any atom is 0.318 e. The van der Waals surface area contributed by atoms with Gasteiger partial charge in [0.15, 0.2) is 0 Å². The predicted molar refractivity (Wildman–Crippen MR) is 175 cm³/mol. The molecule has 0 aromatic carbocycles. The van der Waals surface area contributed by atoms with E-state index >= 15 is 0 Å². The Morgan fingerprint density at radius 3 is 2.39 bits per heavy atom. The van der Waals surface area contributed by atoms with Gasteiger partial charge in [-0.1, -0.05) is 41.6 Å². The van der Waals surface area contributed by atoms with E-state index in [2.05, 4.69) is 38.1 Å². The van der Waals surface area contributed by atoms with Crippen molar-refractivity contribution in [1.29, 1.82) is 0 Å². The van der Waals surface area contributed by atoms with Gasteiger partial charge in [-0.25, -0.2) is 4.79 Å². The van der Waals surface area contributed by atoms with Gasteiger partial charge in [0.2, 0.25) is 11.8 Å². The van der Waals surface area contributed by atoms with Gasteiger partial charge in [-0.2, -0.15) is 0 Å². The summed E-state index contributed by atoms with van der Waals surface area (Å²) >= 11 is 3.87. The first-order chi connectivity index (χ1) is 21.3. The largest absolute Gasteiger partial charge is 0.388 e. The summed E-state index contributed by atoms with van der Waals surface area (Å²) in [5.41, 5.74) is 1.18. The molecule has 2 aliphatic heterocycles. The molecule has 8 nitrogen and oxygen atoms in total. The van der Waals surface area contributed by atoms with Crippen LogP contribution >= 0.6 is 15.9 Å². The number of likely N-dealkylation sites (tertiary alicyclic amines) is 1. The first-order valence-electron chi connectivity index (χ1n) is 18.0.